The third-order valence-electron chi connectivity index (χ3n) is 3.86. The zero-order valence-electron chi connectivity index (χ0n) is 13.0. The fourth-order valence-corrected chi connectivity index (χ4v) is 5.04. The van der Waals surface area contributed by atoms with Crippen LogP contribution in [0.3, 0.4) is 0 Å². The molecule has 1 aliphatic rings. The smallest absolute Gasteiger partial charge is 0.271 e. The van der Waals surface area contributed by atoms with E-state index in [1.54, 1.807) is 23.1 Å². The summed E-state index contributed by atoms with van der Waals surface area (Å²) in [6.45, 7) is 4.18. The first kappa shape index (κ1) is 16.0. The number of nitrogens with zero attached hydrogens (tertiary/aromatic N) is 1. The molecule has 0 saturated heterocycles. The highest BCUT2D eigenvalue weighted by atomic mass is 32.2. The molecule has 1 aliphatic heterocycles. The van der Waals surface area contributed by atoms with Crippen LogP contribution in [0.25, 0.3) is 0 Å². The summed E-state index contributed by atoms with van der Waals surface area (Å²) in [6.07, 6.45) is 1.56. The van der Waals surface area contributed by atoms with Gasteiger partial charge in [-0.15, -0.1) is 11.3 Å². The van der Waals surface area contributed by atoms with E-state index < -0.39 is 10.0 Å². The van der Waals surface area contributed by atoms with Crippen molar-refractivity contribution < 1.29 is 13.2 Å². The van der Waals surface area contributed by atoms with Crippen LogP contribution in [0.2, 0.25) is 0 Å². The van der Waals surface area contributed by atoms with Crippen LogP contribution in [0.5, 0.6) is 0 Å². The molecule has 2 aromatic rings. The largest absolute Gasteiger partial charge is 0.312 e. The third kappa shape index (κ3) is 3.11. The number of hydrogen-bond donors (Lipinski definition) is 1. The fraction of sp³-hybridized carbons (Fsp3) is 0.312. The summed E-state index contributed by atoms with van der Waals surface area (Å²) in [6, 6.07) is 8.78. The van der Waals surface area contributed by atoms with Gasteiger partial charge in [0.2, 0.25) is 5.91 Å². The van der Waals surface area contributed by atoms with Crippen molar-refractivity contribution >= 4 is 38.6 Å². The number of sulfonamides is 1. The van der Waals surface area contributed by atoms with Crippen LogP contribution < -0.4 is 9.62 Å². The molecule has 1 aromatic heterocycles. The van der Waals surface area contributed by atoms with Gasteiger partial charge in [0.05, 0.1) is 0 Å². The van der Waals surface area contributed by atoms with Crippen molar-refractivity contribution in [3.8, 4) is 0 Å². The maximum Gasteiger partial charge on any atom is 0.271 e. The molecule has 0 fully saturated rings. The number of nitrogens with one attached hydrogen (secondary N) is 1. The Morgan fingerprint density at radius 2 is 2.09 bits per heavy atom. The van der Waals surface area contributed by atoms with Crippen LogP contribution in [-0.4, -0.2) is 20.9 Å². The first-order valence-electron chi connectivity index (χ1n) is 7.43. The van der Waals surface area contributed by atoms with Gasteiger partial charge in [-0.3, -0.25) is 9.52 Å². The van der Waals surface area contributed by atoms with Crippen LogP contribution in [-0.2, 0) is 27.7 Å². The number of aryl methyl sites for hydroxylation is 1. The number of fused-ring (bicyclic) bond motifs is 1. The minimum Gasteiger partial charge on any atom is -0.312 e. The molecule has 3 rings (SSSR count). The van der Waals surface area contributed by atoms with Gasteiger partial charge in [0.25, 0.3) is 10.0 Å². The maximum atomic E-state index is 12.4. The van der Waals surface area contributed by atoms with Crippen molar-refractivity contribution in [3.05, 3.63) is 40.8 Å². The average Bonchev–Trinajstić information content (AvgIpc) is 3.13. The van der Waals surface area contributed by atoms with E-state index >= 15 is 0 Å². The Morgan fingerprint density at radius 1 is 1.30 bits per heavy atom. The Labute approximate surface area is 140 Å². The highest BCUT2D eigenvalue weighted by Gasteiger charge is 2.23. The Kier molecular flexibility index (Phi) is 4.16. The second kappa shape index (κ2) is 5.98. The van der Waals surface area contributed by atoms with E-state index in [0.29, 0.717) is 16.4 Å². The number of rotatable bonds is 4. The standard InChI is InChI=1S/C16H18N2O3S2/c1-3-14-5-7-16(22-14)23(20,21)17-13-4-6-15-12(10-13)8-9-18(15)11(2)19/h4-7,10,17H,3,8-9H2,1-2H3. The molecule has 1 N–H and O–H groups in total. The van der Waals surface area contributed by atoms with Gasteiger partial charge in [-0.05, 0) is 48.7 Å². The van der Waals surface area contributed by atoms with Crippen LogP contribution in [0.4, 0.5) is 11.4 Å². The van der Waals surface area contributed by atoms with Crippen molar-refractivity contribution in [2.75, 3.05) is 16.2 Å². The van der Waals surface area contributed by atoms with Gasteiger partial charge in [-0.2, -0.15) is 0 Å². The molecular formula is C16H18N2O3S2. The predicted octanol–water partition coefficient (Wildman–Crippen LogP) is 3.02. The lowest BCUT2D eigenvalue weighted by molar-refractivity contribution is -0.116. The van der Waals surface area contributed by atoms with E-state index in [9.17, 15) is 13.2 Å². The van der Waals surface area contributed by atoms with Crippen LogP contribution in [0, 0.1) is 0 Å². The van der Waals surface area contributed by atoms with Gasteiger partial charge in [0.1, 0.15) is 4.21 Å². The van der Waals surface area contributed by atoms with E-state index in [4.69, 9.17) is 0 Å². The monoisotopic (exact) mass is 350 g/mol. The molecule has 0 saturated carbocycles. The summed E-state index contributed by atoms with van der Waals surface area (Å²) in [5.74, 6) is 0.00256. The van der Waals surface area contributed by atoms with Crippen molar-refractivity contribution in [1.82, 2.24) is 0 Å². The highest BCUT2D eigenvalue weighted by Crippen LogP contribution is 2.32. The van der Waals surface area contributed by atoms with Crippen molar-refractivity contribution in [2.24, 2.45) is 0 Å². The molecule has 1 aromatic carbocycles. The molecule has 5 nitrogen and oxygen atoms in total. The van der Waals surface area contributed by atoms with Crippen molar-refractivity contribution in [3.63, 3.8) is 0 Å². The first-order valence-corrected chi connectivity index (χ1v) is 9.73. The number of carbonyl (C=O) groups excluding carboxylic acids is 1. The summed E-state index contributed by atoms with van der Waals surface area (Å²) in [4.78, 5) is 14.3. The molecule has 122 valence electrons. The zero-order valence-corrected chi connectivity index (χ0v) is 14.6. The minimum atomic E-state index is -3.56. The molecular weight excluding hydrogens is 332 g/mol. The third-order valence-corrected chi connectivity index (χ3v) is 6.96. The van der Waals surface area contributed by atoms with Gasteiger partial charge >= 0.3 is 0 Å². The van der Waals surface area contributed by atoms with E-state index in [2.05, 4.69) is 4.72 Å². The number of thiophene rings is 1. The number of amides is 1. The molecule has 7 heteroatoms. The lowest BCUT2D eigenvalue weighted by Gasteiger charge is -2.15. The van der Waals surface area contributed by atoms with Crippen LogP contribution >= 0.6 is 11.3 Å². The maximum absolute atomic E-state index is 12.4. The second-order valence-electron chi connectivity index (χ2n) is 5.44. The SMILES string of the molecule is CCc1ccc(S(=O)(=O)Nc2ccc3c(c2)CCN3C(C)=O)s1. The van der Waals surface area contributed by atoms with Crippen molar-refractivity contribution in [2.45, 2.75) is 30.9 Å². The first-order chi connectivity index (χ1) is 10.9. The Balaban J connectivity index is 1.85. The topological polar surface area (TPSA) is 66.5 Å². The Hall–Kier alpha value is -1.86. The molecule has 0 spiro atoms. The van der Waals surface area contributed by atoms with E-state index in [0.717, 1.165) is 29.0 Å². The van der Waals surface area contributed by atoms with Gasteiger partial charge in [0, 0.05) is 29.7 Å². The van der Waals surface area contributed by atoms with Gasteiger partial charge < -0.3 is 4.90 Å². The summed E-state index contributed by atoms with van der Waals surface area (Å²) in [5, 5.41) is 0. The summed E-state index contributed by atoms with van der Waals surface area (Å²) >= 11 is 1.29. The van der Waals surface area contributed by atoms with Crippen molar-refractivity contribution in [1.29, 1.82) is 0 Å². The molecule has 0 atom stereocenters. The average molecular weight is 350 g/mol. The summed E-state index contributed by atoms with van der Waals surface area (Å²) < 4.78 is 27.8. The van der Waals surface area contributed by atoms with Crippen LogP contribution in [0.1, 0.15) is 24.3 Å². The lowest BCUT2D eigenvalue weighted by atomic mass is 10.1. The van der Waals surface area contributed by atoms with Gasteiger partial charge in [-0.1, -0.05) is 6.92 Å². The normalized spacial score (nSPS) is 13.9. The number of carbonyl (C=O) groups is 1. The van der Waals surface area contributed by atoms with Gasteiger partial charge in [0.15, 0.2) is 0 Å². The molecule has 1 amide bonds. The zero-order chi connectivity index (χ0) is 16.6. The predicted molar refractivity (Wildman–Crippen MR) is 92.7 cm³/mol. The van der Waals surface area contributed by atoms with Crippen LogP contribution in [0.15, 0.2) is 34.5 Å². The Bertz CT molecular complexity index is 856. The van der Waals surface area contributed by atoms with E-state index in [-0.39, 0.29) is 5.91 Å². The van der Waals surface area contributed by atoms with E-state index in [1.165, 1.54) is 18.3 Å². The highest BCUT2D eigenvalue weighted by molar-refractivity contribution is 7.94. The molecule has 2 heterocycles. The lowest BCUT2D eigenvalue weighted by Crippen LogP contribution is -2.25. The second-order valence-corrected chi connectivity index (χ2v) is 8.52. The molecule has 23 heavy (non-hydrogen) atoms. The quantitative estimate of drug-likeness (QED) is 0.922. The molecule has 0 bridgehead atoms. The summed E-state index contributed by atoms with van der Waals surface area (Å²) in [7, 11) is -3.56. The number of hydrogen-bond acceptors (Lipinski definition) is 4. The number of benzene rings is 1. The Morgan fingerprint density at radius 3 is 2.74 bits per heavy atom. The number of anilines is 2. The van der Waals surface area contributed by atoms with Gasteiger partial charge in [-0.25, -0.2) is 8.42 Å². The van der Waals surface area contributed by atoms with E-state index in [1.807, 2.05) is 19.1 Å². The molecule has 0 aliphatic carbocycles. The minimum absolute atomic E-state index is 0.00256. The molecule has 0 unspecified atom stereocenters. The summed E-state index contributed by atoms with van der Waals surface area (Å²) in [5.41, 5.74) is 2.38. The molecule has 0 radical (unpaired) electrons. The fourth-order valence-electron chi connectivity index (χ4n) is 2.69.